The second-order valence-corrected chi connectivity index (χ2v) is 9.51. The van der Waals surface area contributed by atoms with E-state index in [0.717, 1.165) is 35.8 Å². The zero-order chi connectivity index (χ0) is 26.9. The molecule has 0 aliphatic carbocycles. The third-order valence-electron chi connectivity index (χ3n) is 6.26. The van der Waals surface area contributed by atoms with Gasteiger partial charge in [-0.15, -0.1) is 0 Å². The fourth-order valence-corrected chi connectivity index (χ4v) is 4.54. The molecule has 2 aromatic carbocycles. The maximum atomic E-state index is 14.3. The fraction of sp³-hybridized carbons (Fsp3) is 0.423. The van der Waals surface area contributed by atoms with Crippen LogP contribution in [0.1, 0.15) is 23.7 Å². The molecule has 1 aliphatic rings. The Bertz CT molecular complexity index is 1200. The van der Waals surface area contributed by atoms with Crippen molar-refractivity contribution in [1.82, 2.24) is 25.4 Å². The predicted molar refractivity (Wildman–Crippen MR) is 139 cm³/mol. The van der Waals surface area contributed by atoms with Crippen molar-refractivity contribution in [3.8, 4) is 0 Å². The van der Waals surface area contributed by atoms with Crippen molar-refractivity contribution in [3.05, 3.63) is 76.8 Å². The van der Waals surface area contributed by atoms with Crippen LogP contribution in [-0.4, -0.2) is 71.2 Å². The van der Waals surface area contributed by atoms with Gasteiger partial charge in [0.2, 0.25) is 5.91 Å². The second kappa shape index (κ2) is 13.6. The number of ether oxygens (including phenoxy) is 1. The molecule has 0 fully saturated rings. The first-order valence-electron chi connectivity index (χ1n) is 12.5. The minimum atomic E-state index is -0.879. The van der Waals surface area contributed by atoms with Crippen molar-refractivity contribution >= 4 is 23.2 Å². The molecule has 0 radical (unpaired) electrons. The molecule has 1 aliphatic heterocycles. The van der Waals surface area contributed by atoms with Crippen LogP contribution >= 0.6 is 11.6 Å². The SMILES string of the molecule is O=C(CCN1CCc2cc(Cl)ccc21)NCCNCC(O)COC(Cn1cncn1)c1ccc(F)cc1F. The topological polar surface area (TPSA) is 105 Å². The molecule has 0 saturated heterocycles. The summed E-state index contributed by atoms with van der Waals surface area (Å²) in [4.78, 5) is 18.3. The smallest absolute Gasteiger partial charge is 0.221 e. The third-order valence-corrected chi connectivity index (χ3v) is 6.50. The Hall–Kier alpha value is -3.12. The summed E-state index contributed by atoms with van der Waals surface area (Å²) in [5.41, 5.74) is 2.49. The van der Waals surface area contributed by atoms with Crippen molar-refractivity contribution in [2.75, 3.05) is 44.2 Å². The first-order valence-corrected chi connectivity index (χ1v) is 12.8. The zero-order valence-corrected chi connectivity index (χ0v) is 21.6. The van der Waals surface area contributed by atoms with Crippen molar-refractivity contribution in [2.24, 2.45) is 0 Å². The number of amides is 1. The highest BCUT2D eigenvalue weighted by Gasteiger charge is 2.21. The second-order valence-electron chi connectivity index (χ2n) is 9.07. The van der Waals surface area contributed by atoms with E-state index in [1.54, 1.807) is 0 Å². The quantitative estimate of drug-likeness (QED) is 0.266. The van der Waals surface area contributed by atoms with Gasteiger partial charge in [0.1, 0.15) is 30.4 Å². The van der Waals surface area contributed by atoms with Crippen LogP contribution in [-0.2, 0) is 22.5 Å². The molecule has 0 spiro atoms. The van der Waals surface area contributed by atoms with Gasteiger partial charge in [-0.1, -0.05) is 17.7 Å². The number of fused-ring (bicyclic) bond motifs is 1. The highest BCUT2D eigenvalue weighted by atomic mass is 35.5. The number of hydrogen-bond acceptors (Lipinski definition) is 7. The molecule has 0 bridgehead atoms. The predicted octanol–water partition coefficient (Wildman–Crippen LogP) is 2.49. The average Bonchev–Trinajstić information content (AvgIpc) is 3.55. The van der Waals surface area contributed by atoms with E-state index in [0.29, 0.717) is 26.1 Å². The number of carbonyl (C=O) groups excluding carboxylic acids is 1. The van der Waals surface area contributed by atoms with Crippen molar-refractivity contribution in [3.63, 3.8) is 0 Å². The van der Waals surface area contributed by atoms with Gasteiger partial charge >= 0.3 is 0 Å². The summed E-state index contributed by atoms with van der Waals surface area (Å²) < 4.78 is 34.9. The Morgan fingerprint density at radius 2 is 2.08 bits per heavy atom. The Kier molecular flexibility index (Phi) is 9.99. The summed E-state index contributed by atoms with van der Waals surface area (Å²) in [5, 5.41) is 21.0. The number of nitrogens with one attached hydrogen (secondary N) is 2. The van der Waals surface area contributed by atoms with Crippen LogP contribution < -0.4 is 15.5 Å². The highest BCUT2D eigenvalue weighted by Crippen LogP contribution is 2.30. The minimum absolute atomic E-state index is 0.0460. The number of anilines is 1. The van der Waals surface area contributed by atoms with Gasteiger partial charge in [0.05, 0.1) is 19.3 Å². The maximum absolute atomic E-state index is 14.3. The number of aliphatic hydroxyl groups is 1. The molecule has 3 N–H and O–H groups in total. The number of hydrogen-bond donors (Lipinski definition) is 3. The summed E-state index contributed by atoms with van der Waals surface area (Å²) in [7, 11) is 0. The summed E-state index contributed by atoms with van der Waals surface area (Å²) in [6.45, 7) is 2.65. The molecule has 204 valence electrons. The van der Waals surface area contributed by atoms with Crippen LogP contribution in [0.5, 0.6) is 0 Å². The number of nitrogens with zero attached hydrogens (tertiary/aromatic N) is 4. The Morgan fingerprint density at radius 1 is 1.21 bits per heavy atom. The third kappa shape index (κ3) is 7.94. The molecule has 12 heteroatoms. The van der Waals surface area contributed by atoms with Crippen LogP contribution in [0.2, 0.25) is 5.02 Å². The van der Waals surface area contributed by atoms with Gasteiger partial charge in [0.25, 0.3) is 0 Å². The molecular formula is C26H31ClF2N6O3. The van der Waals surface area contributed by atoms with E-state index in [4.69, 9.17) is 16.3 Å². The Labute approximate surface area is 224 Å². The summed E-state index contributed by atoms with van der Waals surface area (Å²) in [5.74, 6) is -1.47. The zero-order valence-electron chi connectivity index (χ0n) is 20.8. The lowest BCUT2D eigenvalue weighted by Crippen LogP contribution is -2.37. The summed E-state index contributed by atoms with van der Waals surface area (Å²) in [6.07, 6.45) is 2.43. The number of aromatic nitrogens is 3. The van der Waals surface area contributed by atoms with E-state index >= 15 is 0 Å². The van der Waals surface area contributed by atoms with Crippen LogP contribution in [0, 0.1) is 11.6 Å². The minimum Gasteiger partial charge on any atom is -0.389 e. The lowest BCUT2D eigenvalue weighted by atomic mass is 10.1. The number of halogens is 3. The molecule has 38 heavy (non-hydrogen) atoms. The largest absolute Gasteiger partial charge is 0.389 e. The molecule has 2 unspecified atom stereocenters. The number of aliphatic hydroxyl groups excluding tert-OH is 1. The molecule has 2 heterocycles. The first kappa shape index (κ1) is 27.9. The lowest BCUT2D eigenvalue weighted by Gasteiger charge is -2.21. The summed E-state index contributed by atoms with van der Waals surface area (Å²) >= 11 is 6.05. The van der Waals surface area contributed by atoms with E-state index in [9.17, 15) is 18.7 Å². The molecular weight excluding hydrogens is 518 g/mol. The van der Waals surface area contributed by atoms with E-state index in [-0.39, 0.29) is 31.2 Å². The Balaban J connectivity index is 1.13. The first-order chi connectivity index (χ1) is 18.4. The van der Waals surface area contributed by atoms with Crippen LogP contribution in [0.3, 0.4) is 0 Å². The summed E-state index contributed by atoms with van der Waals surface area (Å²) in [6, 6.07) is 9.09. The van der Waals surface area contributed by atoms with Crippen LogP contribution in [0.25, 0.3) is 0 Å². The Morgan fingerprint density at radius 3 is 2.87 bits per heavy atom. The van der Waals surface area contributed by atoms with Gasteiger partial charge in [0.15, 0.2) is 0 Å². The maximum Gasteiger partial charge on any atom is 0.221 e. The van der Waals surface area contributed by atoms with Gasteiger partial charge < -0.3 is 25.4 Å². The molecule has 0 saturated carbocycles. The molecule has 2 atom stereocenters. The lowest BCUT2D eigenvalue weighted by molar-refractivity contribution is -0.120. The van der Waals surface area contributed by atoms with Gasteiger partial charge in [-0.2, -0.15) is 5.10 Å². The molecule has 4 rings (SSSR count). The van der Waals surface area contributed by atoms with Crippen LogP contribution in [0.15, 0.2) is 49.1 Å². The van der Waals surface area contributed by atoms with Crippen molar-refractivity contribution < 1.29 is 23.4 Å². The average molecular weight is 549 g/mol. The van der Waals surface area contributed by atoms with Crippen molar-refractivity contribution in [1.29, 1.82) is 0 Å². The normalized spacial score (nSPS) is 14.4. The van der Waals surface area contributed by atoms with E-state index in [1.807, 2.05) is 18.2 Å². The van der Waals surface area contributed by atoms with Gasteiger partial charge in [-0.05, 0) is 36.2 Å². The van der Waals surface area contributed by atoms with Crippen LogP contribution in [0.4, 0.5) is 14.5 Å². The molecule has 1 amide bonds. The van der Waals surface area contributed by atoms with E-state index in [1.165, 1.54) is 29.0 Å². The molecule has 3 aromatic rings. The van der Waals surface area contributed by atoms with E-state index in [2.05, 4.69) is 25.6 Å². The molecule has 1 aromatic heterocycles. The van der Waals surface area contributed by atoms with Crippen molar-refractivity contribution in [2.45, 2.75) is 31.6 Å². The number of rotatable bonds is 14. The van der Waals surface area contributed by atoms with Gasteiger partial charge in [0, 0.05) is 61.5 Å². The molecule has 9 nitrogen and oxygen atoms in total. The standard InChI is InChI=1S/C26H31ClF2N6O3/c27-19-1-4-24-18(11-19)5-9-34(24)10-6-26(37)32-8-7-30-13-21(36)15-38-25(14-35-17-31-16-33-35)22-3-2-20(28)12-23(22)29/h1-4,11-12,16-17,21,25,30,36H,5-10,13-15H2,(H,32,37). The van der Waals surface area contributed by atoms with Gasteiger partial charge in [-0.25, -0.2) is 13.8 Å². The fourth-order valence-electron chi connectivity index (χ4n) is 4.34. The number of benzene rings is 2. The highest BCUT2D eigenvalue weighted by molar-refractivity contribution is 6.30. The monoisotopic (exact) mass is 548 g/mol. The van der Waals surface area contributed by atoms with E-state index < -0.39 is 23.8 Å². The van der Waals surface area contributed by atoms with Gasteiger partial charge in [-0.3, -0.25) is 9.48 Å². The number of carbonyl (C=O) groups is 1.